The van der Waals surface area contributed by atoms with Crippen LogP contribution >= 0.6 is 11.6 Å². The summed E-state index contributed by atoms with van der Waals surface area (Å²) in [6, 6.07) is 11.2. The molecule has 1 unspecified atom stereocenters. The Morgan fingerprint density at radius 2 is 1.90 bits per heavy atom. The zero-order valence-electron chi connectivity index (χ0n) is 16.6. The molecular formula is C21H22ClN3O5. The summed E-state index contributed by atoms with van der Waals surface area (Å²) in [5, 5.41) is 5.83. The van der Waals surface area contributed by atoms with E-state index in [1.807, 2.05) is 0 Å². The second kappa shape index (κ2) is 9.49. The lowest BCUT2D eigenvalue weighted by atomic mass is 9.97. The molecule has 2 aromatic carbocycles. The van der Waals surface area contributed by atoms with Crippen LogP contribution in [0.1, 0.15) is 5.56 Å². The Hall–Kier alpha value is -3.26. The Bertz CT molecular complexity index is 965. The maximum absolute atomic E-state index is 13.1. The number of urea groups is 1. The van der Waals surface area contributed by atoms with Crippen molar-refractivity contribution in [1.82, 2.24) is 10.2 Å². The average molecular weight is 432 g/mol. The molecule has 1 aliphatic rings. The van der Waals surface area contributed by atoms with Gasteiger partial charge in [0, 0.05) is 11.6 Å². The molecule has 0 aromatic heterocycles. The summed E-state index contributed by atoms with van der Waals surface area (Å²) in [5.74, 6) is -0.528. The van der Waals surface area contributed by atoms with Crippen molar-refractivity contribution in [3.05, 3.63) is 53.1 Å². The second-order valence-corrected chi connectivity index (χ2v) is 7.15. The van der Waals surface area contributed by atoms with Crippen LogP contribution in [0, 0.1) is 5.92 Å². The molecule has 0 saturated carbocycles. The first-order valence-corrected chi connectivity index (χ1v) is 9.65. The number of amides is 4. The third-order valence-corrected chi connectivity index (χ3v) is 5.00. The van der Waals surface area contributed by atoms with Gasteiger partial charge in [-0.05, 0) is 42.3 Å². The molecule has 4 amide bonds. The Labute approximate surface area is 179 Å². The van der Waals surface area contributed by atoms with Gasteiger partial charge in [-0.25, -0.2) is 4.79 Å². The lowest BCUT2D eigenvalue weighted by Crippen LogP contribution is -2.44. The number of ether oxygens (including phenoxy) is 2. The monoisotopic (exact) mass is 431 g/mol. The summed E-state index contributed by atoms with van der Waals surface area (Å²) >= 11 is 6.08. The lowest BCUT2D eigenvalue weighted by molar-refractivity contribution is -0.133. The van der Waals surface area contributed by atoms with Crippen molar-refractivity contribution in [3.8, 4) is 11.5 Å². The largest absolute Gasteiger partial charge is 0.496 e. The van der Waals surface area contributed by atoms with Crippen LogP contribution in [0.2, 0.25) is 5.02 Å². The second-order valence-electron chi connectivity index (χ2n) is 6.72. The zero-order chi connectivity index (χ0) is 21.7. The van der Waals surface area contributed by atoms with Crippen LogP contribution in [0.25, 0.3) is 0 Å². The van der Waals surface area contributed by atoms with E-state index in [1.165, 1.54) is 14.2 Å². The Kier molecular flexibility index (Phi) is 6.79. The van der Waals surface area contributed by atoms with Crippen molar-refractivity contribution in [2.24, 2.45) is 5.92 Å². The van der Waals surface area contributed by atoms with E-state index in [0.29, 0.717) is 27.8 Å². The number of carbonyl (C=O) groups excluding carboxylic acids is 3. The highest BCUT2D eigenvalue weighted by atomic mass is 35.5. The molecule has 0 aliphatic carbocycles. The summed E-state index contributed by atoms with van der Waals surface area (Å²) in [7, 11) is 3.00. The van der Waals surface area contributed by atoms with Crippen molar-refractivity contribution in [2.45, 2.75) is 6.42 Å². The van der Waals surface area contributed by atoms with E-state index < -0.39 is 23.8 Å². The first-order valence-electron chi connectivity index (χ1n) is 9.27. The number of anilines is 1. The van der Waals surface area contributed by atoms with E-state index in [1.54, 1.807) is 42.5 Å². The van der Waals surface area contributed by atoms with Gasteiger partial charge in [0.2, 0.25) is 11.8 Å². The van der Waals surface area contributed by atoms with Crippen LogP contribution in [0.5, 0.6) is 11.5 Å². The van der Waals surface area contributed by atoms with Crippen LogP contribution < -0.4 is 20.1 Å². The fourth-order valence-corrected chi connectivity index (χ4v) is 3.45. The number of imide groups is 1. The topological polar surface area (TPSA) is 97.0 Å². The third-order valence-electron chi connectivity index (χ3n) is 4.77. The minimum atomic E-state index is -0.704. The van der Waals surface area contributed by atoms with Crippen molar-refractivity contribution in [2.75, 3.05) is 32.6 Å². The number of carbonyl (C=O) groups is 3. The summed E-state index contributed by atoms with van der Waals surface area (Å²) < 4.78 is 10.6. The predicted octanol–water partition coefficient (Wildman–Crippen LogP) is 2.71. The van der Waals surface area contributed by atoms with Gasteiger partial charge in [-0.15, -0.1) is 0 Å². The summed E-state index contributed by atoms with van der Waals surface area (Å²) in [5.41, 5.74) is 1.11. The molecule has 1 fully saturated rings. The van der Waals surface area contributed by atoms with E-state index in [9.17, 15) is 14.4 Å². The smallest absolute Gasteiger partial charge is 0.329 e. The minimum Gasteiger partial charge on any atom is -0.496 e. The van der Waals surface area contributed by atoms with E-state index in [2.05, 4.69) is 10.6 Å². The van der Waals surface area contributed by atoms with Crippen LogP contribution in [-0.2, 0) is 16.0 Å². The minimum absolute atomic E-state index is 0.103. The van der Waals surface area contributed by atoms with Gasteiger partial charge in [0.05, 0.1) is 25.8 Å². The average Bonchev–Trinajstić information content (AvgIpc) is 2.88. The molecular weight excluding hydrogens is 410 g/mol. The molecule has 0 bridgehead atoms. The fourth-order valence-electron chi connectivity index (χ4n) is 3.26. The molecule has 30 heavy (non-hydrogen) atoms. The van der Waals surface area contributed by atoms with E-state index >= 15 is 0 Å². The number of rotatable bonds is 5. The van der Waals surface area contributed by atoms with E-state index in [4.69, 9.17) is 21.1 Å². The summed E-state index contributed by atoms with van der Waals surface area (Å²) in [6.07, 6.45) is 0.251. The number of para-hydroxylation sites is 2. The molecule has 1 atom stereocenters. The molecule has 1 aliphatic heterocycles. The molecule has 0 radical (unpaired) electrons. The van der Waals surface area contributed by atoms with Gasteiger partial charge in [-0.1, -0.05) is 23.7 Å². The normalized spacial score (nSPS) is 16.5. The molecule has 3 rings (SSSR count). The number of nitrogens with zero attached hydrogens (tertiary/aromatic N) is 1. The van der Waals surface area contributed by atoms with Crippen molar-refractivity contribution in [1.29, 1.82) is 0 Å². The van der Waals surface area contributed by atoms with E-state index in [0.717, 1.165) is 4.90 Å². The molecule has 8 nitrogen and oxygen atoms in total. The van der Waals surface area contributed by atoms with Gasteiger partial charge < -0.3 is 20.1 Å². The highest BCUT2D eigenvalue weighted by Gasteiger charge is 2.34. The molecule has 2 aromatic rings. The SMILES string of the molecule is COc1ccc(Cl)cc1CC1CNC(=O)CN(C(=O)Nc2ccccc2OC)C1=O. The number of halogens is 1. The Balaban J connectivity index is 1.83. The van der Waals surface area contributed by atoms with Gasteiger partial charge in [-0.3, -0.25) is 14.5 Å². The number of benzene rings is 2. The number of hydrogen-bond donors (Lipinski definition) is 2. The molecule has 158 valence electrons. The molecule has 1 saturated heterocycles. The summed E-state index contributed by atoms with van der Waals surface area (Å²) in [4.78, 5) is 39.0. The maximum atomic E-state index is 13.1. The van der Waals surface area contributed by atoms with Crippen molar-refractivity contribution >= 4 is 35.1 Å². The highest BCUT2D eigenvalue weighted by Crippen LogP contribution is 2.27. The third kappa shape index (κ3) is 4.83. The van der Waals surface area contributed by atoms with Crippen LogP contribution in [0.4, 0.5) is 10.5 Å². The molecule has 9 heteroatoms. The Morgan fingerprint density at radius 1 is 1.17 bits per heavy atom. The first kappa shape index (κ1) is 21.4. The Morgan fingerprint density at radius 3 is 2.63 bits per heavy atom. The van der Waals surface area contributed by atoms with Crippen molar-refractivity contribution < 1.29 is 23.9 Å². The van der Waals surface area contributed by atoms with Gasteiger partial charge in [0.25, 0.3) is 0 Å². The van der Waals surface area contributed by atoms with Crippen LogP contribution in [-0.4, -0.2) is 50.1 Å². The quantitative estimate of drug-likeness (QED) is 0.758. The number of methoxy groups -OCH3 is 2. The van der Waals surface area contributed by atoms with Crippen molar-refractivity contribution in [3.63, 3.8) is 0 Å². The summed E-state index contributed by atoms with van der Waals surface area (Å²) in [6.45, 7) is -0.269. The molecule has 1 heterocycles. The standard InChI is InChI=1S/C21H22ClN3O5/c1-29-17-8-7-15(22)10-13(17)9-14-11-23-19(26)12-25(20(14)27)21(28)24-16-5-3-4-6-18(16)30-2/h3-8,10,14H,9,11-12H2,1-2H3,(H,23,26)(H,24,28). The molecule has 0 spiro atoms. The first-order chi connectivity index (χ1) is 14.4. The van der Waals surface area contributed by atoms with Gasteiger partial charge in [0.1, 0.15) is 18.0 Å². The van der Waals surface area contributed by atoms with Gasteiger partial charge in [0.15, 0.2) is 0 Å². The van der Waals surface area contributed by atoms with Crippen LogP contribution in [0.15, 0.2) is 42.5 Å². The van der Waals surface area contributed by atoms with Gasteiger partial charge >= 0.3 is 6.03 Å². The lowest BCUT2D eigenvalue weighted by Gasteiger charge is -2.23. The molecule has 2 N–H and O–H groups in total. The predicted molar refractivity (Wildman–Crippen MR) is 112 cm³/mol. The number of hydrogen-bond acceptors (Lipinski definition) is 5. The van der Waals surface area contributed by atoms with Crippen LogP contribution in [0.3, 0.4) is 0 Å². The van der Waals surface area contributed by atoms with E-state index in [-0.39, 0.29) is 19.5 Å². The fraction of sp³-hybridized carbons (Fsp3) is 0.286. The highest BCUT2D eigenvalue weighted by molar-refractivity contribution is 6.30. The zero-order valence-corrected chi connectivity index (χ0v) is 17.4. The maximum Gasteiger partial charge on any atom is 0.329 e. The number of nitrogens with one attached hydrogen (secondary N) is 2. The van der Waals surface area contributed by atoms with Gasteiger partial charge in [-0.2, -0.15) is 0 Å².